The molecule has 1 aliphatic heterocycles. The molecule has 0 amide bonds. The number of esters is 1. The number of carbonyl (C=O) groups is 1. The van der Waals surface area contributed by atoms with Gasteiger partial charge in [0.1, 0.15) is 12.2 Å². The van der Waals surface area contributed by atoms with Crippen molar-refractivity contribution in [1.29, 1.82) is 0 Å². The van der Waals surface area contributed by atoms with Crippen LogP contribution in [0.15, 0.2) is 12.2 Å². The summed E-state index contributed by atoms with van der Waals surface area (Å²) in [6, 6.07) is 0. The molecule has 1 fully saturated rings. The number of unbranched alkanes of at least 4 members (excludes halogenated alkanes) is 2. The van der Waals surface area contributed by atoms with E-state index in [0.29, 0.717) is 0 Å². The Hall–Kier alpha value is -0.830. The highest BCUT2D eigenvalue weighted by atomic mass is 16.6. The van der Waals surface area contributed by atoms with Crippen LogP contribution in [0.3, 0.4) is 0 Å². The van der Waals surface area contributed by atoms with Crippen molar-refractivity contribution in [2.75, 3.05) is 0 Å². The first-order valence-corrected chi connectivity index (χ1v) is 6.49. The van der Waals surface area contributed by atoms with E-state index in [4.69, 9.17) is 9.47 Å². The zero-order valence-corrected chi connectivity index (χ0v) is 11.4. The molecule has 1 saturated heterocycles. The lowest BCUT2D eigenvalue weighted by Gasteiger charge is -2.12. The fourth-order valence-corrected chi connectivity index (χ4v) is 1.79. The number of ether oxygens (including phenoxy) is 2. The van der Waals surface area contributed by atoms with Crippen molar-refractivity contribution in [3.05, 3.63) is 12.2 Å². The molecule has 17 heavy (non-hydrogen) atoms. The van der Waals surface area contributed by atoms with E-state index < -0.39 is 0 Å². The van der Waals surface area contributed by atoms with Crippen LogP contribution < -0.4 is 0 Å². The fourth-order valence-electron chi connectivity index (χ4n) is 1.79. The summed E-state index contributed by atoms with van der Waals surface area (Å²) in [5, 5.41) is 0. The van der Waals surface area contributed by atoms with E-state index in [0.717, 1.165) is 12.8 Å². The summed E-state index contributed by atoms with van der Waals surface area (Å²) in [6.07, 6.45) is 8.40. The molecule has 1 aliphatic rings. The van der Waals surface area contributed by atoms with Gasteiger partial charge in [-0.15, -0.1) is 0 Å². The van der Waals surface area contributed by atoms with Gasteiger partial charge in [0.15, 0.2) is 0 Å². The van der Waals surface area contributed by atoms with Crippen molar-refractivity contribution < 1.29 is 14.3 Å². The molecule has 0 aromatic carbocycles. The normalized spacial score (nSPS) is 23.6. The standard InChI is InChI=1S/C14H24O3/c1-5-6-7-8-12(16-11(2)15)9-10-13-14(3,4)17-13/h9-10,12-13H,5-8H2,1-4H3/b10-9+/t12-,13?/m0/s1. The third kappa shape index (κ3) is 5.35. The van der Waals surface area contributed by atoms with Crippen molar-refractivity contribution in [1.82, 2.24) is 0 Å². The average Bonchev–Trinajstić information content (AvgIpc) is 2.82. The molecule has 0 radical (unpaired) electrons. The van der Waals surface area contributed by atoms with Crippen LogP contribution in [0.1, 0.15) is 53.4 Å². The van der Waals surface area contributed by atoms with E-state index in [9.17, 15) is 4.79 Å². The Morgan fingerprint density at radius 3 is 2.59 bits per heavy atom. The first kappa shape index (κ1) is 14.2. The number of rotatable bonds is 7. The molecule has 0 bridgehead atoms. The van der Waals surface area contributed by atoms with E-state index >= 15 is 0 Å². The molecule has 0 aliphatic carbocycles. The van der Waals surface area contributed by atoms with Crippen LogP contribution in [0.2, 0.25) is 0 Å². The van der Waals surface area contributed by atoms with Gasteiger partial charge in [0.2, 0.25) is 0 Å². The minimum absolute atomic E-state index is 0.0410. The first-order valence-electron chi connectivity index (χ1n) is 6.49. The molecule has 0 aromatic rings. The van der Waals surface area contributed by atoms with Crippen LogP contribution in [0, 0.1) is 0 Å². The molecule has 1 unspecified atom stereocenters. The molecule has 2 atom stereocenters. The lowest BCUT2D eigenvalue weighted by atomic mass is 10.1. The summed E-state index contributed by atoms with van der Waals surface area (Å²) in [5.41, 5.74) is -0.0410. The molecule has 3 nitrogen and oxygen atoms in total. The van der Waals surface area contributed by atoms with Crippen LogP contribution >= 0.6 is 0 Å². The van der Waals surface area contributed by atoms with Crippen molar-refractivity contribution in [3.8, 4) is 0 Å². The predicted octanol–water partition coefficient (Wildman–Crippen LogP) is 3.23. The van der Waals surface area contributed by atoms with E-state index in [1.165, 1.54) is 19.8 Å². The topological polar surface area (TPSA) is 38.8 Å². The third-order valence-corrected chi connectivity index (χ3v) is 2.97. The first-order chi connectivity index (χ1) is 7.95. The van der Waals surface area contributed by atoms with Gasteiger partial charge in [-0.2, -0.15) is 0 Å². The molecular formula is C14H24O3. The van der Waals surface area contributed by atoms with Gasteiger partial charge in [-0.05, 0) is 32.8 Å². The van der Waals surface area contributed by atoms with Gasteiger partial charge in [-0.1, -0.05) is 25.8 Å². The molecule has 1 rings (SSSR count). The van der Waals surface area contributed by atoms with Crippen molar-refractivity contribution >= 4 is 5.97 Å². The second-order valence-corrected chi connectivity index (χ2v) is 5.17. The van der Waals surface area contributed by atoms with Crippen LogP contribution in [0.25, 0.3) is 0 Å². The lowest BCUT2D eigenvalue weighted by Crippen LogP contribution is -2.14. The monoisotopic (exact) mass is 240 g/mol. The molecular weight excluding hydrogens is 216 g/mol. The third-order valence-electron chi connectivity index (χ3n) is 2.97. The summed E-state index contributed by atoms with van der Waals surface area (Å²) in [5.74, 6) is -0.216. The zero-order valence-electron chi connectivity index (χ0n) is 11.4. The highest BCUT2D eigenvalue weighted by Gasteiger charge is 2.45. The maximum absolute atomic E-state index is 11.0. The summed E-state index contributed by atoms with van der Waals surface area (Å²) >= 11 is 0. The number of carbonyl (C=O) groups excluding carboxylic acids is 1. The molecule has 3 heteroatoms. The Bertz CT molecular complexity index is 281. The highest BCUT2D eigenvalue weighted by molar-refractivity contribution is 5.66. The maximum Gasteiger partial charge on any atom is 0.303 e. The highest BCUT2D eigenvalue weighted by Crippen LogP contribution is 2.36. The largest absolute Gasteiger partial charge is 0.458 e. The molecule has 0 saturated carbocycles. The van der Waals surface area contributed by atoms with Gasteiger partial charge in [0.05, 0.1) is 5.60 Å². The predicted molar refractivity (Wildman–Crippen MR) is 67.8 cm³/mol. The van der Waals surface area contributed by atoms with Gasteiger partial charge < -0.3 is 9.47 Å². The minimum Gasteiger partial charge on any atom is -0.458 e. The van der Waals surface area contributed by atoms with Crippen molar-refractivity contribution in [3.63, 3.8) is 0 Å². The van der Waals surface area contributed by atoms with Gasteiger partial charge >= 0.3 is 5.97 Å². The lowest BCUT2D eigenvalue weighted by molar-refractivity contribution is -0.144. The number of epoxide rings is 1. The summed E-state index contributed by atoms with van der Waals surface area (Å²) in [6.45, 7) is 7.73. The van der Waals surface area contributed by atoms with E-state index in [-0.39, 0.29) is 23.8 Å². The summed E-state index contributed by atoms with van der Waals surface area (Å²) in [4.78, 5) is 11.0. The quantitative estimate of drug-likeness (QED) is 0.297. The minimum atomic E-state index is -0.216. The van der Waals surface area contributed by atoms with Gasteiger partial charge in [-0.3, -0.25) is 4.79 Å². The summed E-state index contributed by atoms with van der Waals surface area (Å²) in [7, 11) is 0. The fraction of sp³-hybridized carbons (Fsp3) is 0.786. The molecule has 98 valence electrons. The van der Waals surface area contributed by atoms with E-state index in [2.05, 4.69) is 20.8 Å². The Morgan fingerprint density at radius 2 is 2.12 bits per heavy atom. The van der Waals surface area contributed by atoms with Gasteiger partial charge in [0, 0.05) is 6.92 Å². The Morgan fingerprint density at radius 1 is 1.47 bits per heavy atom. The number of hydrogen-bond acceptors (Lipinski definition) is 3. The Labute approximate surface area is 104 Å². The van der Waals surface area contributed by atoms with Crippen LogP contribution in [0.5, 0.6) is 0 Å². The SMILES string of the molecule is CCCCC[C@@H](/C=C/C1OC1(C)C)OC(C)=O. The zero-order chi connectivity index (χ0) is 12.9. The molecule has 0 N–H and O–H groups in total. The van der Waals surface area contributed by atoms with Crippen molar-refractivity contribution in [2.24, 2.45) is 0 Å². The van der Waals surface area contributed by atoms with E-state index in [1.54, 1.807) is 0 Å². The molecule has 0 spiro atoms. The second kappa shape index (κ2) is 6.20. The van der Waals surface area contributed by atoms with Crippen LogP contribution in [-0.2, 0) is 14.3 Å². The Balaban J connectivity index is 2.37. The van der Waals surface area contributed by atoms with Crippen LogP contribution in [-0.4, -0.2) is 23.8 Å². The molecule has 1 heterocycles. The second-order valence-electron chi connectivity index (χ2n) is 5.17. The average molecular weight is 240 g/mol. The molecule has 0 aromatic heterocycles. The van der Waals surface area contributed by atoms with Crippen molar-refractivity contribution in [2.45, 2.75) is 71.2 Å². The Kier molecular flexibility index (Phi) is 5.19. The maximum atomic E-state index is 11.0. The van der Waals surface area contributed by atoms with Gasteiger partial charge in [0.25, 0.3) is 0 Å². The van der Waals surface area contributed by atoms with Crippen LogP contribution in [0.4, 0.5) is 0 Å². The van der Waals surface area contributed by atoms with E-state index in [1.807, 2.05) is 12.2 Å². The number of hydrogen-bond donors (Lipinski definition) is 0. The van der Waals surface area contributed by atoms with Gasteiger partial charge in [-0.25, -0.2) is 0 Å². The summed E-state index contributed by atoms with van der Waals surface area (Å²) < 4.78 is 10.7. The smallest absolute Gasteiger partial charge is 0.303 e.